The number of hydrogen-bond acceptors (Lipinski definition) is 6. The molecule has 0 radical (unpaired) electrons. The Kier molecular flexibility index (Phi) is 5.47. The van der Waals surface area contributed by atoms with Crippen LogP contribution in [0.15, 0.2) is 66.7 Å². The normalized spacial score (nSPS) is 10.6. The maximum Gasteiger partial charge on any atom is 0.262 e. The van der Waals surface area contributed by atoms with E-state index < -0.39 is 0 Å². The third-order valence-electron chi connectivity index (χ3n) is 4.40. The van der Waals surface area contributed by atoms with Crippen molar-refractivity contribution in [2.24, 2.45) is 0 Å². The van der Waals surface area contributed by atoms with Crippen LogP contribution in [-0.2, 0) is 4.79 Å². The smallest absolute Gasteiger partial charge is 0.262 e. The van der Waals surface area contributed by atoms with Gasteiger partial charge in [0.1, 0.15) is 28.3 Å². The van der Waals surface area contributed by atoms with Crippen molar-refractivity contribution in [3.63, 3.8) is 0 Å². The molecule has 0 bridgehead atoms. The van der Waals surface area contributed by atoms with Crippen LogP contribution in [0, 0.1) is 0 Å². The minimum absolute atomic E-state index is 0.108. The number of ether oxygens (including phenoxy) is 3. The summed E-state index contributed by atoms with van der Waals surface area (Å²) in [6, 6.07) is 19.8. The van der Waals surface area contributed by atoms with Crippen molar-refractivity contribution < 1.29 is 19.0 Å². The highest BCUT2D eigenvalue weighted by Crippen LogP contribution is 2.20. The number of amides is 1. The molecule has 4 aromatic rings. The Balaban J connectivity index is 1.41. The molecule has 1 N–H and O–H groups in total. The van der Waals surface area contributed by atoms with Crippen LogP contribution in [-0.4, -0.2) is 41.7 Å². The maximum atomic E-state index is 12.2. The number of hydrogen-bond donors (Lipinski definition) is 1. The summed E-state index contributed by atoms with van der Waals surface area (Å²) in [5.41, 5.74) is 2.82. The highest BCUT2D eigenvalue weighted by molar-refractivity contribution is 5.93. The zero-order valence-corrected chi connectivity index (χ0v) is 16.5. The highest BCUT2D eigenvalue weighted by Gasteiger charge is 2.09. The van der Waals surface area contributed by atoms with E-state index in [9.17, 15) is 4.79 Å². The van der Waals surface area contributed by atoms with Crippen LogP contribution in [0.2, 0.25) is 0 Å². The van der Waals surface area contributed by atoms with Crippen LogP contribution in [0.5, 0.6) is 17.2 Å². The van der Waals surface area contributed by atoms with E-state index in [-0.39, 0.29) is 12.5 Å². The molecule has 30 heavy (non-hydrogen) atoms. The summed E-state index contributed by atoms with van der Waals surface area (Å²) in [6.07, 6.45) is 0. The topological polar surface area (TPSA) is 87.5 Å². The Morgan fingerprint density at radius 2 is 1.43 bits per heavy atom. The standard InChI is InChI=1S/C22H20N4O4/c1-28-17-6-4-16(5-7-17)26-24-20-12-3-15(13-21(20)25-26)23-22(27)14-30-19-10-8-18(29-2)9-11-19/h3-13H,14H2,1-2H3,(H,23,27). The van der Waals surface area contributed by atoms with E-state index in [0.29, 0.717) is 17.0 Å². The van der Waals surface area contributed by atoms with Crippen molar-refractivity contribution >= 4 is 22.6 Å². The summed E-state index contributed by atoms with van der Waals surface area (Å²) in [7, 11) is 3.21. The number of rotatable bonds is 7. The van der Waals surface area contributed by atoms with Crippen LogP contribution in [0.1, 0.15) is 0 Å². The van der Waals surface area contributed by atoms with Gasteiger partial charge in [-0.25, -0.2) is 0 Å². The monoisotopic (exact) mass is 404 g/mol. The number of methoxy groups -OCH3 is 2. The molecule has 1 amide bonds. The average molecular weight is 404 g/mol. The molecule has 0 aliphatic rings. The first-order valence-electron chi connectivity index (χ1n) is 9.23. The molecular formula is C22H20N4O4. The second-order valence-corrected chi connectivity index (χ2v) is 6.40. The summed E-state index contributed by atoms with van der Waals surface area (Å²) in [6.45, 7) is -0.108. The molecule has 0 unspecified atom stereocenters. The molecule has 0 fully saturated rings. The lowest BCUT2D eigenvalue weighted by Crippen LogP contribution is -2.20. The molecule has 1 aromatic heterocycles. The molecule has 0 spiro atoms. The van der Waals surface area contributed by atoms with Gasteiger partial charge in [0.2, 0.25) is 0 Å². The van der Waals surface area contributed by atoms with Crippen molar-refractivity contribution in [1.82, 2.24) is 15.0 Å². The molecule has 0 saturated carbocycles. The number of anilines is 1. The van der Waals surface area contributed by atoms with E-state index in [0.717, 1.165) is 22.7 Å². The van der Waals surface area contributed by atoms with Crippen molar-refractivity contribution in [2.75, 3.05) is 26.1 Å². The molecule has 8 heteroatoms. The van der Waals surface area contributed by atoms with Gasteiger partial charge in [0.15, 0.2) is 6.61 Å². The lowest BCUT2D eigenvalue weighted by atomic mass is 10.3. The predicted molar refractivity (Wildman–Crippen MR) is 113 cm³/mol. The Morgan fingerprint density at radius 1 is 0.833 bits per heavy atom. The van der Waals surface area contributed by atoms with Gasteiger partial charge in [-0.1, -0.05) is 0 Å². The van der Waals surface area contributed by atoms with Gasteiger partial charge in [-0.15, -0.1) is 10.2 Å². The molecule has 1 heterocycles. The molecule has 0 saturated heterocycles. The molecule has 4 rings (SSSR count). The van der Waals surface area contributed by atoms with E-state index in [2.05, 4.69) is 15.5 Å². The largest absolute Gasteiger partial charge is 0.497 e. The quantitative estimate of drug-likeness (QED) is 0.508. The van der Waals surface area contributed by atoms with Gasteiger partial charge in [-0.3, -0.25) is 4.79 Å². The summed E-state index contributed by atoms with van der Waals surface area (Å²) in [5.74, 6) is 1.80. The van der Waals surface area contributed by atoms with Crippen LogP contribution in [0.4, 0.5) is 5.69 Å². The number of fused-ring (bicyclic) bond motifs is 1. The third kappa shape index (κ3) is 4.33. The highest BCUT2D eigenvalue weighted by atomic mass is 16.5. The first-order valence-corrected chi connectivity index (χ1v) is 9.23. The predicted octanol–water partition coefficient (Wildman–Crippen LogP) is 3.46. The van der Waals surface area contributed by atoms with Crippen molar-refractivity contribution in [3.8, 4) is 22.9 Å². The zero-order chi connectivity index (χ0) is 20.9. The molecule has 0 aliphatic carbocycles. The molecule has 3 aromatic carbocycles. The Labute approximate surface area is 173 Å². The van der Waals surface area contributed by atoms with Crippen molar-refractivity contribution in [1.29, 1.82) is 0 Å². The van der Waals surface area contributed by atoms with Gasteiger partial charge in [-0.05, 0) is 66.7 Å². The number of nitrogens with one attached hydrogen (secondary N) is 1. The van der Waals surface area contributed by atoms with E-state index in [1.165, 1.54) is 0 Å². The Hall–Kier alpha value is -4.07. The molecule has 0 atom stereocenters. The minimum Gasteiger partial charge on any atom is -0.497 e. The van der Waals surface area contributed by atoms with Gasteiger partial charge in [0, 0.05) is 5.69 Å². The Bertz CT molecular complexity index is 1150. The fraction of sp³-hybridized carbons (Fsp3) is 0.136. The van der Waals surface area contributed by atoms with Gasteiger partial charge in [0.25, 0.3) is 5.91 Å². The van der Waals surface area contributed by atoms with Crippen LogP contribution < -0.4 is 19.5 Å². The van der Waals surface area contributed by atoms with E-state index in [4.69, 9.17) is 14.2 Å². The number of nitrogens with zero attached hydrogens (tertiary/aromatic N) is 3. The lowest BCUT2D eigenvalue weighted by molar-refractivity contribution is -0.118. The first kappa shape index (κ1) is 19.3. The zero-order valence-electron chi connectivity index (χ0n) is 16.5. The summed E-state index contributed by atoms with van der Waals surface area (Å²) in [4.78, 5) is 13.8. The number of benzene rings is 3. The van der Waals surface area contributed by atoms with Gasteiger partial charge in [-0.2, -0.15) is 4.80 Å². The van der Waals surface area contributed by atoms with Gasteiger partial charge < -0.3 is 19.5 Å². The molecular weight excluding hydrogens is 384 g/mol. The van der Waals surface area contributed by atoms with Crippen LogP contribution in [0.3, 0.4) is 0 Å². The van der Waals surface area contributed by atoms with Crippen molar-refractivity contribution in [3.05, 3.63) is 66.7 Å². The SMILES string of the molecule is COc1ccc(OCC(=O)Nc2ccc3nn(-c4ccc(OC)cc4)nc3c2)cc1. The van der Waals surface area contributed by atoms with Gasteiger partial charge >= 0.3 is 0 Å². The van der Waals surface area contributed by atoms with E-state index >= 15 is 0 Å². The molecule has 8 nitrogen and oxygen atoms in total. The summed E-state index contributed by atoms with van der Waals surface area (Å²) < 4.78 is 15.8. The van der Waals surface area contributed by atoms with Crippen molar-refractivity contribution in [2.45, 2.75) is 0 Å². The lowest BCUT2D eigenvalue weighted by Gasteiger charge is -2.08. The first-order chi connectivity index (χ1) is 14.6. The summed E-state index contributed by atoms with van der Waals surface area (Å²) in [5, 5.41) is 11.8. The average Bonchev–Trinajstić information content (AvgIpc) is 3.21. The number of carbonyl (C=O) groups is 1. The van der Waals surface area contributed by atoms with Crippen LogP contribution >= 0.6 is 0 Å². The second kappa shape index (κ2) is 8.52. The molecule has 0 aliphatic heterocycles. The summed E-state index contributed by atoms with van der Waals surface area (Å²) >= 11 is 0. The van der Waals surface area contributed by atoms with Crippen LogP contribution in [0.25, 0.3) is 16.7 Å². The fourth-order valence-corrected chi connectivity index (χ4v) is 2.84. The second-order valence-electron chi connectivity index (χ2n) is 6.40. The van der Waals surface area contributed by atoms with Gasteiger partial charge in [0.05, 0.1) is 19.9 Å². The number of carbonyl (C=O) groups excluding carboxylic acids is 1. The minimum atomic E-state index is -0.271. The van der Waals surface area contributed by atoms with E-state index in [1.54, 1.807) is 55.4 Å². The molecule has 152 valence electrons. The maximum absolute atomic E-state index is 12.2. The van der Waals surface area contributed by atoms with E-state index in [1.807, 2.05) is 30.3 Å². The number of aromatic nitrogens is 3. The third-order valence-corrected chi connectivity index (χ3v) is 4.40. The Morgan fingerprint density at radius 3 is 2.10 bits per heavy atom. The fourth-order valence-electron chi connectivity index (χ4n) is 2.84.